The smallest absolute Gasteiger partial charge is 0.273 e. The van der Waals surface area contributed by atoms with Crippen molar-refractivity contribution in [3.8, 4) is 28.6 Å². The van der Waals surface area contributed by atoms with Gasteiger partial charge in [-0.1, -0.05) is 59.8 Å². The van der Waals surface area contributed by atoms with Crippen molar-refractivity contribution in [1.29, 1.82) is 0 Å². The molecule has 5 aromatic rings. The van der Waals surface area contributed by atoms with Gasteiger partial charge in [0.15, 0.2) is 22.5 Å². The van der Waals surface area contributed by atoms with Gasteiger partial charge in [0.25, 0.3) is 5.91 Å². The van der Waals surface area contributed by atoms with Crippen molar-refractivity contribution in [2.45, 2.75) is 24.3 Å². The molecule has 0 unspecified atom stereocenters. The molecule has 0 spiro atoms. The van der Waals surface area contributed by atoms with E-state index in [4.69, 9.17) is 21.1 Å². The summed E-state index contributed by atoms with van der Waals surface area (Å²) >= 11 is 9.52. The first-order chi connectivity index (χ1) is 20.4. The Morgan fingerprint density at radius 1 is 1.02 bits per heavy atom. The van der Waals surface area contributed by atoms with Crippen molar-refractivity contribution in [2.24, 2.45) is 0 Å². The van der Waals surface area contributed by atoms with Crippen molar-refractivity contribution in [2.75, 3.05) is 27.8 Å². The molecule has 2 aromatic heterocycles. The lowest BCUT2D eigenvalue weighted by Gasteiger charge is -2.16. The molecule has 216 valence electrons. The number of ether oxygens (including phenoxy) is 2. The molecule has 0 aliphatic rings. The minimum absolute atomic E-state index is 0.118. The summed E-state index contributed by atoms with van der Waals surface area (Å²) in [5.41, 5.74) is 4.36. The van der Waals surface area contributed by atoms with E-state index in [-0.39, 0.29) is 5.91 Å². The molecule has 2 heterocycles. The lowest BCUT2D eigenvalue weighted by molar-refractivity contribution is 0.0791. The number of aryl methyl sites for hydroxylation is 1. The molecule has 0 saturated heterocycles. The van der Waals surface area contributed by atoms with Crippen molar-refractivity contribution < 1.29 is 14.3 Å². The van der Waals surface area contributed by atoms with E-state index in [0.29, 0.717) is 51.9 Å². The van der Waals surface area contributed by atoms with E-state index in [1.807, 2.05) is 70.6 Å². The van der Waals surface area contributed by atoms with Crippen LogP contribution in [0.25, 0.3) is 17.1 Å². The van der Waals surface area contributed by atoms with Gasteiger partial charge >= 0.3 is 0 Å². The van der Waals surface area contributed by atoms with Crippen LogP contribution in [-0.4, -0.2) is 58.4 Å². The van der Waals surface area contributed by atoms with Crippen LogP contribution in [0, 0.1) is 6.92 Å². The van der Waals surface area contributed by atoms with Crippen LogP contribution in [-0.2, 0) is 12.2 Å². The van der Waals surface area contributed by atoms with Crippen LogP contribution in [0.3, 0.4) is 0 Å². The Bertz CT molecular complexity index is 1700. The second-order valence-electron chi connectivity index (χ2n) is 9.49. The van der Waals surface area contributed by atoms with E-state index < -0.39 is 0 Å². The van der Waals surface area contributed by atoms with E-state index >= 15 is 0 Å². The summed E-state index contributed by atoms with van der Waals surface area (Å²) in [6.45, 7) is 2.60. The number of hydrogen-bond acceptors (Lipinski definition) is 8. The number of carbonyl (C=O) groups excluding carboxylic acids is 1. The Hall–Kier alpha value is -3.86. The zero-order valence-electron chi connectivity index (χ0n) is 23.7. The maximum absolute atomic E-state index is 13.1. The fraction of sp³-hybridized carbons (Fsp3) is 0.226. The first kappa shape index (κ1) is 29.6. The van der Waals surface area contributed by atoms with Crippen LogP contribution < -0.4 is 9.47 Å². The molecule has 0 saturated carbocycles. The number of benzene rings is 3. The number of amides is 1. The summed E-state index contributed by atoms with van der Waals surface area (Å²) in [6, 6.07) is 21.5. The number of carbonyl (C=O) groups is 1. The highest BCUT2D eigenvalue weighted by Crippen LogP contribution is 2.34. The monoisotopic (exact) mass is 619 g/mol. The van der Waals surface area contributed by atoms with E-state index in [9.17, 15) is 4.79 Å². The maximum atomic E-state index is 13.1. The predicted octanol–water partition coefficient (Wildman–Crippen LogP) is 6.98. The molecule has 0 N–H and O–H groups in total. The minimum atomic E-state index is -0.118. The highest BCUT2D eigenvalue weighted by molar-refractivity contribution is 7.98. The third-order valence-corrected chi connectivity index (χ3v) is 9.03. The summed E-state index contributed by atoms with van der Waals surface area (Å²) < 4.78 is 12.7. The summed E-state index contributed by atoms with van der Waals surface area (Å²) in [5, 5.41) is 13.0. The van der Waals surface area contributed by atoms with E-state index in [2.05, 4.69) is 28.2 Å². The molecule has 0 aliphatic carbocycles. The van der Waals surface area contributed by atoms with Crippen LogP contribution in [0.2, 0.25) is 5.02 Å². The number of nitrogens with zero attached hydrogens (tertiary/aromatic N) is 5. The highest BCUT2D eigenvalue weighted by atomic mass is 35.5. The standard InChI is InChI=1S/C31H30ClN5O3S2/c1-20-9-5-8-12-25(20)37-29(22-10-6-7-11-23(22)32)34-35-31(37)42-19-28-33-24(18-41-28)30(38)36(2)16-15-21-13-14-26(39-3)27(17-21)40-4/h5-14,17-18H,15-16,19H2,1-4H3. The molecule has 42 heavy (non-hydrogen) atoms. The summed E-state index contributed by atoms with van der Waals surface area (Å²) in [5.74, 6) is 2.44. The number of thiazole rings is 1. The van der Waals surface area contributed by atoms with Gasteiger partial charge in [0, 0.05) is 24.5 Å². The average Bonchev–Trinajstić information content (AvgIpc) is 3.66. The van der Waals surface area contributed by atoms with Gasteiger partial charge in [-0.15, -0.1) is 21.5 Å². The number of likely N-dealkylation sites (N-methyl/N-ethyl adjacent to an activating group) is 1. The molecule has 0 atom stereocenters. The number of thioether (sulfide) groups is 1. The Morgan fingerprint density at radius 2 is 1.79 bits per heavy atom. The largest absolute Gasteiger partial charge is 0.493 e. The van der Waals surface area contributed by atoms with Gasteiger partial charge in [-0.3, -0.25) is 9.36 Å². The number of rotatable bonds is 11. The van der Waals surface area contributed by atoms with Gasteiger partial charge in [-0.25, -0.2) is 4.98 Å². The molecule has 1 amide bonds. The molecule has 0 aliphatic heterocycles. The fourth-order valence-corrected chi connectivity index (χ4v) is 6.39. The van der Waals surface area contributed by atoms with Gasteiger partial charge in [-0.2, -0.15) is 0 Å². The Labute approximate surface area is 258 Å². The van der Waals surface area contributed by atoms with Crippen LogP contribution in [0.1, 0.15) is 26.6 Å². The molecule has 0 radical (unpaired) electrons. The van der Waals surface area contributed by atoms with Gasteiger partial charge in [0.1, 0.15) is 10.7 Å². The lowest BCUT2D eigenvalue weighted by atomic mass is 10.1. The topological polar surface area (TPSA) is 82.4 Å². The second kappa shape index (κ2) is 13.4. The van der Waals surface area contributed by atoms with Gasteiger partial charge in [-0.05, 0) is 54.8 Å². The Morgan fingerprint density at radius 3 is 2.55 bits per heavy atom. The number of halogens is 1. The van der Waals surface area contributed by atoms with E-state index in [0.717, 1.165) is 27.4 Å². The van der Waals surface area contributed by atoms with Gasteiger partial charge in [0.2, 0.25) is 0 Å². The SMILES string of the molecule is COc1ccc(CCN(C)C(=O)c2csc(CSc3nnc(-c4ccccc4Cl)n3-c3ccccc3C)n2)cc1OC. The maximum Gasteiger partial charge on any atom is 0.273 e. The van der Waals surface area contributed by atoms with Crippen LogP contribution >= 0.6 is 34.7 Å². The molecule has 8 nitrogen and oxygen atoms in total. The number of hydrogen-bond donors (Lipinski definition) is 0. The van der Waals surface area contributed by atoms with Gasteiger partial charge in [0.05, 0.1) is 30.7 Å². The molecular weight excluding hydrogens is 590 g/mol. The second-order valence-corrected chi connectivity index (χ2v) is 11.8. The molecule has 5 rings (SSSR count). The third kappa shape index (κ3) is 6.46. The summed E-state index contributed by atoms with van der Waals surface area (Å²) in [4.78, 5) is 19.5. The Kier molecular flexibility index (Phi) is 9.46. The predicted molar refractivity (Wildman–Crippen MR) is 168 cm³/mol. The van der Waals surface area contributed by atoms with E-state index in [1.54, 1.807) is 26.2 Å². The summed E-state index contributed by atoms with van der Waals surface area (Å²) in [6.07, 6.45) is 0.678. The first-order valence-electron chi connectivity index (χ1n) is 13.2. The number of methoxy groups -OCH3 is 2. The molecular formula is C31H30ClN5O3S2. The highest BCUT2D eigenvalue weighted by Gasteiger charge is 2.21. The van der Waals surface area contributed by atoms with Crippen molar-refractivity contribution in [3.63, 3.8) is 0 Å². The fourth-order valence-electron chi connectivity index (χ4n) is 4.44. The van der Waals surface area contributed by atoms with E-state index in [1.165, 1.54) is 23.1 Å². The first-order valence-corrected chi connectivity index (χ1v) is 15.4. The average molecular weight is 620 g/mol. The van der Waals surface area contributed by atoms with Crippen molar-refractivity contribution in [3.05, 3.63) is 99.0 Å². The van der Waals surface area contributed by atoms with Crippen molar-refractivity contribution >= 4 is 40.6 Å². The van der Waals surface area contributed by atoms with Crippen LogP contribution in [0.15, 0.2) is 77.3 Å². The van der Waals surface area contributed by atoms with Crippen molar-refractivity contribution in [1.82, 2.24) is 24.6 Å². The minimum Gasteiger partial charge on any atom is -0.493 e. The molecule has 3 aromatic carbocycles. The van der Waals surface area contributed by atoms with Crippen LogP contribution in [0.5, 0.6) is 11.5 Å². The normalized spacial score (nSPS) is 11.0. The molecule has 0 fully saturated rings. The zero-order valence-corrected chi connectivity index (χ0v) is 26.1. The summed E-state index contributed by atoms with van der Waals surface area (Å²) in [7, 11) is 5.01. The zero-order chi connectivity index (χ0) is 29.6. The number of aromatic nitrogens is 4. The van der Waals surface area contributed by atoms with Crippen LogP contribution in [0.4, 0.5) is 0 Å². The Balaban J connectivity index is 1.29. The lowest BCUT2D eigenvalue weighted by Crippen LogP contribution is -2.29. The van der Waals surface area contributed by atoms with Gasteiger partial charge < -0.3 is 14.4 Å². The molecule has 0 bridgehead atoms. The quantitative estimate of drug-likeness (QED) is 0.148. The number of para-hydroxylation sites is 1. The third-order valence-electron chi connectivity index (χ3n) is 6.73. The molecule has 11 heteroatoms.